The van der Waals surface area contributed by atoms with Crippen molar-refractivity contribution in [2.24, 2.45) is 0 Å². The van der Waals surface area contributed by atoms with Gasteiger partial charge in [-0.25, -0.2) is 18.1 Å². The van der Waals surface area contributed by atoms with Gasteiger partial charge in [0.1, 0.15) is 10.8 Å². The minimum absolute atomic E-state index is 0.0694. The van der Waals surface area contributed by atoms with E-state index in [0.29, 0.717) is 12.8 Å². The van der Waals surface area contributed by atoms with Gasteiger partial charge >= 0.3 is 0 Å². The van der Waals surface area contributed by atoms with Crippen LogP contribution in [0.15, 0.2) is 34.3 Å². The lowest BCUT2D eigenvalue weighted by Gasteiger charge is -2.06. The SMILES string of the molecule is O=c1[nH]cc(S(=O)(=O)NCCCc2ncc[nH]2)cc1Cl. The van der Waals surface area contributed by atoms with Crippen LogP contribution in [0.2, 0.25) is 5.02 Å². The van der Waals surface area contributed by atoms with Crippen molar-refractivity contribution in [2.45, 2.75) is 17.7 Å². The maximum Gasteiger partial charge on any atom is 0.266 e. The van der Waals surface area contributed by atoms with E-state index < -0.39 is 15.6 Å². The maximum atomic E-state index is 11.9. The Labute approximate surface area is 120 Å². The molecule has 0 fully saturated rings. The van der Waals surface area contributed by atoms with Crippen LogP contribution < -0.4 is 10.3 Å². The summed E-state index contributed by atoms with van der Waals surface area (Å²) >= 11 is 5.60. The molecule has 0 unspecified atom stereocenters. The molecule has 7 nitrogen and oxygen atoms in total. The van der Waals surface area contributed by atoms with Crippen LogP contribution >= 0.6 is 11.6 Å². The Kier molecular flexibility index (Phi) is 4.58. The van der Waals surface area contributed by atoms with Gasteiger partial charge in [0.05, 0.1) is 4.90 Å². The first kappa shape index (κ1) is 14.8. The highest BCUT2D eigenvalue weighted by atomic mass is 35.5. The van der Waals surface area contributed by atoms with Crippen molar-refractivity contribution in [3.63, 3.8) is 0 Å². The fraction of sp³-hybridized carbons (Fsp3) is 0.273. The Morgan fingerprint density at radius 1 is 1.35 bits per heavy atom. The second-order valence-corrected chi connectivity index (χ2v) is 6.22. The lowest BCUT2D eigenvalue weighted by Crippen LogP contribution is -2.26. The number of hydrogen-bond donors (Lipinski definition) is 3. The molecule has 0 saturated heterocycles. The molecule has 0 amide bonds. The zero-order chi connectivity index (χ0) is 14.6. The fourth-order valence-electron chi connectivity index (χ4n) is 1.57. The van der Waals surface area contributed by atoms with Crippen molar-refractivity contribution in [1.29, 1.82) is 0 Å². The number of hydrogen-bond acceptors (Lipinski definition) is 4. The molecular weight excluding hydrogens is 304 g/mol. The molecule has 0 saturated carbocycles. The average Bonchev–Trinajstić information content (AvgIpc) is 2.91. The molecule has 9 heteroatoms. The third kappa shape index (κ3) is 3.69. The predicted octanol–water partition coefficient (Wildman–Crippen LogP) is 0.663. The van der Waals surface area contributed by atoms with Crippen LogP contribution in [0.5, 0.6) is 0 Å². The van der Waals surface area contributed by atoms with E-state index in [-0.39, 0.29) is 16.5 Å². The van der Waals surface area contributed by atoms with Crippen LogP contribution in [0.25, 0.3) is 0 Å². The molecule has 20 heavy (non-hydrogen) atoms. The highest BCUT2D eigenvalue weighted by Crippen LogP contribution is 2.10. The van der Waals surface area contributed by atoms with E-state index in [9.17, 15) is 13.2 Å². The van der Waals surface area contributed by atoms with Crippen molar-refractivity contribution >= 4 is 21.6 Å². The Morgan fingerprint density at radius 2 is 2.15 bits per heavy atom. The summed E-state index contributed by atoms with van der Waals surface area (Å²) in [5.41, 5.74) is -0.525. The van der Waals surface area contributed by atoms with Gasteiger partial charge in [0.15, 0.2) is 0 Å². The number of pyridine rings is 1. The number of aromatic nitrogens is 3. The zero-order valence-electron chi connectivity index (χ0n) is 10.4. The number of rotatable bonds is 6. The molecule has 0 spiro atoms. The van der Waals surface area contributed by atoms with Gasteiger partial charge < -0.3 is 9.97 Å². The summed E-state index contributed by atoms with van der Waals surface area (Å²) in [4.78, 5) is 20.2. The van der Waals surface area contributed by atoms with Crippen molar-refractivity contribution in [2.75, 3.05) is 6.54 Å². The van der Waals surface area contributed by atoms with Gasteiger partial charge in [0.2, 0.25) is 10.0 Å². The first-order valence-corrected chi connectivity index (χ1v) is 7.71. The highest BCUT2D eigenvalue weighted by molar-refractivity contribution is 7.89. The van der Waals surface area contributed by atoms with Crippen LogP contribution in [-0.4, -0.2) is 29.9 Å². The predicted molar refractivity (Wildman–Crippen MR) is 74.2 cm³/mol. The fourth-order valence-corrected chi connectivity index (χ4v) is 2.88. The molecule has 2 rings (SSSR count). The van der Waals surface area contributed by atoms with Crippen molar-refractivity contribution in [3.8, 4) is 0 Å². The van der Waals surface area contributed by atoms with Gasteiger partial charge in [-0.15, -0.1) is 0 Å². The number of H-pyrrole nitrogens is 2. The van der Waals surface area contributed by atoms with E-state index in [0.717, 1.165) is 18.1 Å². The van der Waals surface area contributed by atoms with Crippen molar-refractivity contribution in [1.82, 2.24) is 19.7 Å². The van der Waals surface area contributed by atoms with Crippen LogP contribution in [0.4, 0.5) is 0 Å². The Morgan fingerprint density at radius 3 is 2.80 bits per heavy atom. The topological polar surface area (TPSA) is 108 Å². The summed E-state index contributed by atoms with van der Waals surface area (Å²) in [7, 11) is -3.68. The molecule has 108 valence electrons. The van der Waals surface area contributed by atoms with Gasteiger partial charge in [-0.1, -0.05) is 11.6 Å². The van der Waals surface area contributed by atoms with Crippen LogP contribution in [0.1, 0.15) is 12.2 Å². The molecule has 2 aromatic rings. The third-order valence-corrected chi connectivity index (χ3v) is 4.30. The van der Waals surface area contributed by atoms with Crippen LogP contribution in [0.3, 0.4) is 0 Å². The molecule has 0 aromatic carbocycles. The quantitative estimate of drug-likeness (QED) is 0.680. The first-order valence-electron chi connectivity index (χ1n) is 5.85. The lowest BCUT2D eigenvalue weighted by atomic mass is 10.3. The van der Waals surface area contributed by atoms with E-state index in [1.54, 1.807) is 12.4 Å². The molecule has 0 aliphatic heterocycles. The van der Waals surface area contributed by atoms with E-state index in [1.165, 1.54) is 0 Å². The van der Waals surface area contributed by atoms with Gasteiger partial charge in [0.25, 0.3) is 5.56 Å². The van der Waals surface area contributed by atoms with Crippen LogP contribution in [-0.2, 0) is 16.4 Å². The average molecular weight is 317 g/mol. The van der Waals surface area contributed by atoms with E-state index >= 15 is 0 Å². The Balaban J connectivity index is 1.93. The zero-order valence-corrected chi connectivity index (χ0v) is 12.0. The van der Waals surface area contributed by atoms with E-state index in [1.807, 2.05) is 0 Å². The standard InChI is InChI=1S/C11H13ClN4O3S/c12-9-6-8(7-15-11(9)17)20(18,19)16-3-1-2-10-13-4-5-14-10/h4-7,16H,1-3H2,(H,13,14)(H,15,17). The van der Waals surface area contributed by atoms with Gasteiger partial charge in [-0.2, -0.15) is 0 Å². The number of sulfonamides is 1. The van der Waals surface area contributed by atoms with Crippen LogP contribution in [0, 0.1) is 0 Å². The summed E-state index contributed by atoms with van der Waals surface area (Å²) in [6, 6.07) is 1.12. The molecule has 3 N–H and O–H groups in total. The largest absolute Gasteiger partial charge is 0.349 e. The molecule has 0 aliphatic carbocycles. The number of aromatic amines is 2. The summed E-state index contributed by atoms with van der Waals surface area (Å²) in [5.74, 6) is 0.802. The maximum absolute atomic E-state index is 11.9. The smallest absolute Gasteiger partial charge is 0.266 e. The molecule has 0 radical (unpaired) electrons. The Bertz CT molecular complexity index is 724. The normalized spacial score (nSPS) is 11.7. The number of imidazole rings is 1. The molecule has 0 aliphatic rings. The molecule has 0 bridgehead atoms. The lowest BCUT2D eigenvalue weighted by molar-refractivity contribution is 0.578. The van der Waals surface area contributed by atoms with Crippen molar-refractivity contribution < 1.29 is 8.42 Å². The Hall–Kier alpha value is -1.64. The minimum Gasteiger partial charge on any atom is -0.349 e. The summed E-state index contributed by atoms with van der Waals surface area (Å²) < 4.78 is 26.3. The van der Waals surface area contributed by atoms with Gasteiger partial charge in [-0.05, 0) is 12.5 Å². The monoisotopic (exact) mass is 316 g/mol. The summed E-state index contributed by atoms with van der Waals surface area (Å²) in [6.45, 7) is 0.264. The van der Waals surface area contributed by atoms with Gasteiger partial charge in [0, 0.05) is 31.6 Å². The first-order chi connectivity index (χ1) is 9.49. The number of nitrogens with zero attached hydrogens (tertiary/aromatic N) is 1. The molecule has 2 aromatic heterocycles. The second kappa shape index (κ2) is 6.21. The highest BCUT2D eigenvalue weighted by Gasteiger charge is 2.14. The van der Waals surface area contributed by atoms with Crippen molar-refractivity contribution in [3.05, 3.63) is 45.9 Å². The third-order valence-electron chi connectivity index (χ3n) is 2.58. The van der Waals surface area contributed by atoms with E-state index in [4.69, 9.17) is 11.6 Å². The number of aryl methyl sites for hydroxylation is 1. The summed E-state index contributed by atoms with van der Waals surface area (Å²) in [5, 5.41) is -0.163. The molecule has 2 heterocycles. The van der Waals surface area contributed by atoms with Gasteiger partial charge in [-0.3, -0.25) is 4.79 Å². The molecular formula is C11H13ClN4O3S. The number of nitrogens with one attached hydrogen (secondary N) is 3. The summed E-state index contributed by atoms with van der Waals surface area (Å²) in [6.07, 6.45) is 5.71. The minimum atomic E-state index is -3.68. The second-order valence-electron chi connectivity index (χ2n) is 4.05. The number of halogens is 1. The molecule has 0 atom stereocenters. The van der Waals surface area contributed by atoms with E-state index in [2.05, 4.69) is 19.7 Å².